The van der Waals surface area contributed by atoms with Crippen LogP contribution in [0, 0.1) is 6.92 Å². The topological polar surface area (TPSA) is 82.4 Å². The molecule has 2 aromatic heterocycles. The lowest BCUT2D eigenvalue weighted by Crippen LogP contribution is -2.21. The number of benzene rings is 2. The minimum absolute atomic E-state index is 0.392. The van der Waals surface area contributed by atoms with E-state index in [4.69, 9.17) is 9.47 Å². The van der Waals surface area contributed by atoms with Crippen molar-refractivity contribution in [3.63, 3.8) is 0 Å². The first-order valence-corrected chi connectivity index (χ1v) is 10.6. The summed E-state index contributed by atoms with van der Waals surface area (Å²) >= 11 is 1.29. The number of thiophene rings is 1. The fraction of sp³-hybridized carbons (Fsp3) is 0.174. The summed E-state index contributed by atoms with van der Waals surface area (Å²) in [6.07, 6.45) is 0. The van der Waals surface area contributed by atoms with Gasteiger partial charge in [-0.25, -0.2) is 9.48 Å². The Morgan fingerprint density at radius 2 is 1.84 bits per heavy atom. The van der Waals surface area contributed by atoms with Crippen LogP contribution in [0.25, 0.3) is 15.9 Å². The predicted molar refractivity (Wildman–Crippen MR) is 120 cm³/mol. The van der Waals surface area contributed by atoms with Gasteiger partial charge in [-0.3, -0.25) is 4.79 Å². The zero-order valence-corrected chi connectivity index (χ0v) is 17.9. The average Bonchev–Trinajstić information content (AvgIpc) is 3.35. The van der Waals surface area contributed by atoms with Crippen LogP contribution in [0.4, 0.5) is 5.69 Å². The lowest BCUT2D eigenvalue weighted by atomic mass is 10.3. The summed E-state index contributed by atoms with van der Waals surface area (Å²) in [4.78, 5) is 26.1. The van der Waals surface area contributed by atoms with Crippen LogP contribution in [0.2, 0.25) is 0 Å². The van der Waals surface area contributed by atoms with E-state index in [0.717, 1.165) is 21.6 Å². The van der Waals surface area contributed by atoms with Gasteiger partial charge in [-0.2, -0.15) is 5.10 Å². The van der Waals surface area contributed by atoms with Gasteiger partial charge in [0.2, 0.25) is 0 Å². The first-order valence-electron chi connectivity index (χ1n) is 9.80. The molecule has 0 saturated heterocycles. The highest BCUT2D eigenvalue weighted by molar-refractivity contribution is 7.20. The molecular weight excluding hydrogens is 414 g/mol. The minimum Gasteiger partial charge on any atom is -0.492 e. The van der Waals surface area contributed by atoms with Crippen molar-refractivity contribution in [1.82, 2.24) is 9.78 Å². The molecule has 4 rings (SSSR count). The van der Waals surface area contributed by atoms with Crippen LogP contribution in [-0.4, -0.2) is 34.9 Å². The zero-order valence-electron chi connectivity index (χ0n) is 17.1. The molecule has 2 heterocycles. The van der Waals surface area contributed by atoms with Crippen LogP contribution < -0.4 is 10.1 Å². The summed E-state index contributed by atoms with van der Waals surface area (Å²) in [5.74, 6) is -0.420. The Morgan fingerprint density at radius 3 is 2.61 bits per heavy atom. The van der Waals surface area contributed by atoms with E-state index in [1.165, 1.54) is 11.3 Å². The van der Waals surface area contributed by atoms with Gasteiger partial charge in [0.1, 0.15) is 15.5 Å². The molecule has 31 heavy (non-hydrogen) atoms. The van der Waals surface area contributed by atoms with E-state index < -0.39 is 18.5 Å². The molecular formula is C23H21N3O4S. The van der Waals surface area contributed by atoms with Gasteiger partial charge in [0.15, 0.2) is 6.61 Å². The number of aryl methyl sites for hydroxylation is 1. The van der Waals surface area contributed by atoms with Crippen LogP contribution in [-0.2, 0) is 9.53 Å². The van der Waals surface area contributed by atoms with E-state index in [1.807, 2.05) is 54.9 Å². The minimum atomic E-state index is -0.548. The number of ether oxygens (including phenoxy) is 2. The van der Waals surface area contributed by atoms with Crippen LogP contribution in [0.3, 0.4) is 0 Å². The van der Waals surface area contributed by atoms with E-state index in [0.29, 0.717) is 22.9 Å². The van der Waals surface area contributed by atoms with Gasteiger partial charge >= 0.3 is 5.97 Å². The van der Waals surface area contributed by atoms with Gasteiger partial charge in [-0.05, 0) is 44.2 Å². The molecule has 8 heteroatoms. The number of amides is 1. The van der Waals surface area contributed by atoms with Crippen LogP contribution in [0.5, 0.6) is 5.75 Å². The second-order valence-corrected chi connectivity index (χ2v) is 7.75. The molecule has 0 aliphatic carbocycles. The van der Waals surface area contributed by atoms with Crippen molar-refractivity contribution in [2.45, 2.75) is 13.8 Å². The molecule has 1 amide bonds. The SMILES string of the molecule is CCOc1ccccc1NC(=O)COC(=O)c1cc2c(C)nn(-c3ccccc3)c2s1. The van der Waals surface area contributed by atoms with Crippen molar-refractivity contribution in [1.29, 1.82) is 0 Å². The maximum absolute atomic E-state index is 12.6. The van der Waals surface area contributed by atoms with E-state index in [2.05, 4.69) is 10.4 Å². The fourth-order valence-electron chi connectivity index (χ4n) is 3.13. The fourth-order valence-corrected chi connectivity index (χ4v) is 4.21. The second kappa shape index (κ2) is 9.01. The van der Waals surface area contributed by atoms with Crippen molar-refractivity contribution in [2.75, 3.05) is 18.5 Å². The highest BCUT2D eigenvalue weighted by Crippen LogP contribution is 2.31. The van der Waals surface area contributed by atoms with E-state index in [9.17, 15) is 9.59 Å². The lowest BCUT2D eigenvalue weighted by Gasteiger charge is -2.11. The van der Waals surface area contributed by atoms with Gasteiger partial charge in [-0.1, -0.05) is 30.3 Å². The lowest BCUT2D eigenvalue weighted by molar-refractivity contribution is -0.119. The van der Waals surface area contributed by atoms with Gasteiger partial charge in [-0.15, -0.1) is 11.3 Å². The summed E-state index contributed by atoms with van der Waals surface area (Å²) in [6, 6.07) is 18.6. The highest BCUT2D eigenvalue weighted by Gasteiger charge is 2.19. The largest absolute Gasteiger partial charge is 0.492 e. The highest BCUT2D eigenvalue weighted by atomic mass is 32.1. The third-order valence-electron chi connectivity index (χ3n) is 4.54. The predicted octanol–water partition coefficient (Wildman–Crippen LogP) is 4.59. The quantitative estimate of drug-likeness (QED) is 0.429. The van der Waals surface area contributed by atoms with Crippen LogP contribution in [0.15, 0.2) is 60.7 Å². The molecule has 1 N–H and O–H groups in total. The zero-order chi connectivity index (χ0) is 21.8. The molecule has 0 bridgehead atoms. The Morgan fingerprint density at radius 1 is 1.10 bits per heavy atom. The van der Waals surface area contributed by atoms with E-state index in [-0.39, 0.29) is 0 Å². The molecule has 2 aromatic carbocycles. The summed E-state index contributed by atoms with van der Waals surface area (Å²) in [7, 11) is 0. The number of anilines is 1. The van der Waals surface area contributed by atoms with Gasteiger partial charge in [0.05, 0.1) is 23.7 Å². The summed E-state index contributed by atoms with van der Waals surface area (Å²) in [5.41, 5.74) is 2.26. The molecule has 0 saturated carbocycles. The maximum atomic E-state index is 12.6. The number of aromatic nitrogens is 2. The van der Waals surface area contributed by atoms with Crippen molar-refractivity contribution >= 4 is 39.1 Å². The number of hydrogen-bond donors (Lipinski definition) is 1. The maximum Gasteiger partial charge on any atom is 0.348 e. The van der Waals surface area contributed by atoms with Gasteiger partial charge < -0.3 is 14.8 Å². The molecule has 158 valence electrons. The molecule has 7 nitrogen and oxygen atoms in total. The normalized spacial score (nSPS) is 10.8. The molecule has 0 fully saturated rings. The number of carbonyl (C=O) groups is 2. The molecule has 0 aliphatic rings. The van der Waals surface area contributed by atoms with Crippen molar-refractivity contribution in [2.24, 2.45) is 0 Å². The van der Waals surface area contributed by atoms with E-state index >= 15 is 0 Å². The Hall–Kier alpha value is -3.65. The summed E-state index contributed by atoms with van der Waals surface area (Å²) in [5, 5.41) is 8.16. The first kappa shape index (κ1) is 20.6. The van der Waals surface area contributed by atoms with E-state index in [1.54, 1.807) is 24.3 Å². The molecule has 0 aliphatic heterocycles. The summed E-state index contributed by atoms with van der Waals surface area (Å²) in [6.45, 7) is 3.85. The third-order valence-corrected chi connectivity index (χ3v) is 5.63. The number of esters is 1. The average molecular weight is 436 g/mol. The summed E-state index contributed by atoms with van der Waals surface area (Å²) < 4.78 is 12.5. The van der Waals surface area contributed by atoms with Crippen LogP contribution >= 0.6 is 11.3 Å². The van der Waals surface area contributed by atoms with Crippen molar-refractivity contribution < 1.29 is 19.1 Å². The van der Waals surface area contributed by atoms with Crippen molar-refractivity contribution in [3.05, 3.63) is 71.2 Å². The standard InChI is InChI=1S/C23H21N3O4S/c1-3-29-19-12-8-7-11-18(19)24-21(27)14-30-23(28)20-13-17-15(2)25-26(22(17)31-20)16-9-5-4-6-10-16/h4-13H,3,14H2,1-2H3,(H,24,27). The molecule has 0 unspecified atom stereocenters. The molecule has 0 spiro atoms. The molecule has 0 radical (unpaired) electrons. The number of rotatable bonds is 7. The number of nitrogens with zero attached hydrogens (tertiary/aromatic N) is 2. The van der Waals surface area contributed by atoms with Crippen LogP contribution in [0.1, 0.15) is 22.3 Å². The number of para-hydroxylation sites is 3. The smallest absolute Gasteiger partial charge is 0.348 e. The van der Waals surface area contributed by atoms with Gasteiger partial charge in [0, 0.05) is 5.39 Å². The number of fused-ring (bicyclic) bond motifs is 1. The number of nitrogens with one attached hydrogen (secondary N) is 1. The van der Waals surface area contributed by atoms with Gasteiger partial charge in [0.25, 0.3) is 5.91 Å². The molecule has 4 aromatic rings. The Labute approximate surface area is 183 Å². The first-order chi connectivity index (χ1) is 15.1. The molecule has 0 atom stereocenters. The Kier molecular flexibility index (Phi) is 5.99. The Bertz CT molecular complexity index is 1230. The van der Waals surface area contributed by atoms with Crippen molar-refractivity contribution in [3.8, 4) is 11.4 Å². The third kappa shape index (κ3) is 4.44. The number of carbonyl (C=O) groups excluding carboxylic acids is 2. The second-order valence-electron chi connectivity index (χ2n) is 6.72. The Balaban J connectivity index is 1.45. The monoisotopic (exact) mass is 435 g/mol. The number of hydrogen-bond acceptors (Lipinski definition) is 6.